The van der Waals surface area contributed by atoms with Crippen molar-refractivity contribution in [3.63, 3.8) is 0 Å². The molecule has 0 aliphatic carbocycles. The van der Waals surface area contributed by atoms with Crippen LogP contribution >= 0.6 is 0 Å². The summed E-state index contributed by atoms with van der Waals surface area (Å²) in [4.78, 5) is 11.1. The number of nitrogens with zero attached hydrogens (tertiary/aromatic N) is 3. The molecule has 0 saturated heterocycles. The van der Waals surface area contributed by atoms with Gasteiger partial charge in [-0.15, -0.1) is 0 Å². The lowest BCUT2D eigenvalue weighted by atomic mass is 10.1. The van der Waals surface area contributed by atoms with Crippen LogP contribution in [0.4, 0.5) is 5.82 Å². The molecule has 1 aromatic heterocycles. The number of nitrogens with two attached hydrogens (primary N) is 1. The number of hydrogen-bond donors (Lipinski definition) is 1. The number of nitriles is 1. The standard InChI is InChI=1S/C14H14N4O/c1-2-10-3-5-11(6-4-10)13-12(9-19)14(16)18(17-13)8-7-15/h3-6,9H,2,8,16H2,1H3. The molecule has 0 atom stereocenters. The van der Waals surface area contributed by atoms with E-state index in [1.807, 2.05) is 30.3 Å². The fourth-order valence-corrected chi connectivity index (χ4v) is 1.90. The lowest BCUT2D eigenvalue weighted by molar-refractivity contribution is 0.112. The number of nitrogen functional groups attached to an aromatic ring is 1. The number of hydrogen-bond acceptors (Lipinski definition) is 4. The van der Waals surface area contributed by atoms with Crippen molar-refractivity contribution in [2.75, 3.05) is 5.73 Å². The Kier molecular flexibility index (Phi) is 3.62. The minimum atomic E-state index is 0.0275. The van der Waals surface area contributed by atoms with Crippen molar-refractivity contribution < 1.29 is 4.79 Å². The second-order valence-electron chi connectivity index (χ2n) is 4.13. The SMILES string of the molecule is CCc1ccc(-c2nn(CC#N)c(N)c2C=O)cc1. The maximum Gasteiger partial charge on any atom is 0.156 e. The number of anilines is 1. The van der Waals surface area contributed by atoms with Crippen LogP contribution in [0.25, 0.3) is 11.3 Å². The fourth-order valence-electron chi connectivity index (χ4n) is 1.90. The number of carbonyl (C=O) groups excluding carboxylic acids is 1. The first-order valence-electron chi connectivity index (χ1n) is 5.99. The van der Waals surface area contributed by atoms with Gasteiger partial charge in [0.25, 0.3) is 0 Å². The zero-order chi connectivity index (χ0) is 13.8. The maximum absolute atomic E-state index is 11.1. The summed E-state index contributed by atoms with van der Waals surface area (Å²) in [6.45, 7) is 2.10. The van der Waals surface area contributed by atoms with Crippen molar-refractivity contribution in [2.24, 2.45) is 0 Å². The fraction of sp³-hybridized carbons (Fsp3) is 0.214. The Morgan fingerprint density at radius 3 is 2.63 bits per heavy atom. The first-order chi connectivity index (χ1) is 9.21. The highest BCUT2D eigenvalue weighted by Gasteiger charge is 2.16. The number of aromatic nitrogens is 2. The largest absolute Gasteiger partial charge is 0.383 e. The molecule has 1 aromatic carbocycles. The Morgan fingerprint density at radius 1 is 1.42 bits per heavy atom. The van der Waals surface area contributed by atoms with Gasteiger partial charge >= 0.3 is 0 Å². The van der Waals surface area contributed by atoms with E-state index in [0.717, 1.165) is 12.0 Å². The molecule has 19 heavy (non-hydrogen) atoms. The number of rotatable bonds is 4. The Labute approximate surface area is 111 Å². The van der Waals surface area contributed by atoms with Crippen molar-refractivity contribution >= 4 is 12.1 Å². The van der Waals surface area contributed by atoms with Gasteiger partial charge in [-0.2, -0.15) is 10.4 Å². The molecule has 0 unspecified atom stereocenters. The number of benzene rings is 1. The van der Waals surface area contributed by atoms with Crippen LogP contribution < -0.4 is 5.73 Å². The van der Waals surface area contributed by atoms with Gasteiger partial charge in [0.1, 0.15) is 18.1 Å². The van der Waals surface area contributed by atoms with Crippen molar-refractivity contribution in [2.45, 2.75) is 19.9 Å². The monoisotopic (exact) mass is 254 g/mol. The number of carbonyl (C=O) groups is 1. The molecular formula is C14H14N4O. The molecule has 0 fully saturated rings. The van der Waals surface area contributed by atoms with E-state index in [1.165, 1.54) is 10.2 Å². The Balaban J connectivity index is 2.51. The van der Waals surface area contributed by atoms with Gasteiger partial charge in [-0.25, -0.2) is 4.68 Å². The summed E-state index contributed by atoms with van der Waals surface area (Å²) in [5, 5.41) is 12.9. The van der Waals surface area contributed by atoms with E-state index in [9.17, 15) is 4.79 Å². The van der Waals surface area contributed by atoms with E-state index < -0.39 is 0 Å². The average Bonchev–Trinajstić information content (AvgIpc) is 2.76. The molecule has 1 heterocycles. The van der Waals surface area contributed by atoms with Crippen LogP contribution in [0.3, 0.4) is 0 Å². The molecule has 0 aliphatic heterocycles. The van der Waals surface area contributed by atoms with E-state index in [1.54, 1.807) is 0 Å². The Hall–Kier alpha value is -2.61. The topological polar surface area (TPSA) is 84.7 Å². The smallest absolute Gasteiger partial charge is 0.156 e. The van der Waals surface area contributed by atoms with Crippen LogP contribution in [-0.4, -0.2) is 16.1 Å². The van der Waals surface area contributed by atoms with Crippen LogP contribution in [0.1, 0.15) is 22.8 Å². The second-order valence-corrected chi connectivity index (χ2v) is 4.13. The highest BCUT2D eigenvalue weighted by Crippen LogP contribution is 2.26. The summed E-state index contributed by atoms with van der Waals surface area (Å²) < 4.78 is 1.34. The molecule has 2 N–H and O–H groups in total. The van der Waals surface area contributed by atoms with Crippen LogP contribution in [-0.2, 0) is 13.0 Å². The zero-order valence-corrected chi connectivity index (χ0v) is 10.6. The zero-order valence-electron chi connectivity index (χ0n) is 10.6. The van der Waals surface area contributed by atoms with Crippen molar-refractivity contribution in [3.8, 4) is 17.3 Å². The molecule has 2 rings (SSSR count). The predicted octanol–water partition coefficient (Wildman–Crippen LogP) is 2.03. The van der Waals surface area contributed by atoms with E-state index >= 15 is 0 Å². The van der Waals surface area contributed by atoms with E-state index in [4.69, 9.17) is 11.0 Å². The highest BCUT2D eigenvalue weighted by atomic mass is 16.1. The van der Waals surface area contributed by atoms with Gasteiger partial charge in [-0.3, -0.25) is 4.79 Å². The van der Waals surface area contributed by atoms with Crippen molar-refractivity contribution in [1.29, 1.82) is 5.26 Å². The molecular weight excluding hydrogens is 240 g/mol. The third kappa shape index (κ3) is 2.33. The van der Waals surface area contributed by atoms with E-state index in [-0.39, 0.29) is 12.4 Å². The lowest BCUT2D eigenvalue weighted by Gasteiger charge is -2.00. The quantitative estimate of drug-likeness (QED) is 0.846. The first-order valence-corrected chi connectivity index (χ1v) is 5.99. The second kappa shape index (κ2) is 5.36. The molecule has 0 spiro atoms. The van der Waals surface area contributed by atoms with Gasteiger partial charge in [-0.05, 0) is 12.0 Å². The number of aryl methyl sites for hydroxylation is 1. The summed E-state index contributed by atoms with van der Waals surface area (Å²) in [6, 6.07) is 9.76. The molecule has 0 amide bonds. The van der Waals surface area contributed by atoms with Crippen LogP contribution in [0.2, 0.25) is 0 Å². The molecule has 96 valence electrons. The first kappa shape index (κ1) is 12.8. The van der Waals surface area contributed by atoms with Crippen LogP contribution in [0, 0.1) is 11.3 Å². The molecule has 0 saturated carbocycles. The molecule has 0 radical (unpaired) electrons. The van der Waals surface area contributed by atoms with Crippen LogP contribution in [0.15, 0.2) is 24.3 Å². The van der Waals surface area contributed by atoms with Gasteiger partial charge < -0.3 is 5.73 Å². The Morgan fingerprint density at radius 2 is 2.11 bits per heavy atom. The third-order valence-electron chi connectivity index (χ3n) is 3.00. The summed E-state index contributed by atoms with van der Waals surface area (Å²) in [5.74, 6) is 0.228. The molecule has 5 heteroatoms. The van der Waals surface area contributed by atoms with Crippen molar-refractivity contribution in [1.82, 2.24) is 9.78 Å². The molecule has 5 nitrogen and oxygen atoms in total. The molecule has 2 aromatic rings. The minimum absolute atomic E-state index is 0.0275. The molecule has 0 bridgehead atoms. The highest BCUT2D eigenvalue weighted by molar-refractivity contribution is 5.91. The minimum Gasteiger partial charge on any atom is -0.383 e. The Bertz CT molecular complexity index is 635. The van der Waals surface area contributed by atoms with Gasteiger partial charge in [-0.1, -0.05) is 31.2 Å². The predicted molar refractivity (Wildman–Crippen MR) is 72.5 cm³/mol. The molecule has 0 aliphatic rings. The summed E-state index contributed by atoms with van der Waals surface area (Å²) in [7, 11) is 0. The number of aldehydes is 1. The third-order valence-corrected chi connectivity index (χ3v) is 3.00. The van der Waals surface area contributed by atoms with Gasteiger partial charge in [0.2, 0.25) is 0 Å². The van der Waals surface area contributed by atoms with E-state index in [0.29, 0.717) is 17.5 Å². The van der Waals surface area contributed by atoms with Gasteiger partial charge in [0.05, 0.1) is 11.6 Å². The normalized spacial score (nSPS) is 10.1. The van der Waals surface area contributed by atoms with E-state index in [2.05, 4.69) is 12.0 Å². The summed E-state index contributed by atoms with van der Waals surface area (Å²) in [5.41, 5.74) is 8.70. The van der Waals surface area contributed by atoms with Gasteiger partial charge in [0.15, 0.2) is 6.29 Å². The average molecular weight is 254 g/mol. The van der Waals surface area contributed by atoms with Crippen molar-refractivity contribution in [3.05, 3.63) is 35.4 Å². The van der Waals surface area contributed by atoms with Gasteiger partial charge in [0, 0.05) is 5.56 Å². The summed E-state index contributed by atoms with van der Waals surface area (Å²) >= 11 is 0. The summed E-state index contributed by atoms with van der Waals surface area (Å²) in [6.07, 6.45) is 1.63. The lowest BCUT2D eigenvalue weighted by Crippen LogP contribution is -2.03. The maximum atomic E-state index is 11.1. The van der Waals surface area contributed by atoms with Crippen LogP contribution in [0.5, 0.6) is 0 Å².